The molecule has 0 aromatic carbocycles. The van der Waals surface area contributed by atoms with E-state index in [4.69, 9.17) is 4.74 Å². The van der Waals surface area contributed by atoms with Crippen molar-refractivity contribution in [1.82, 2.24) is 10.6 Å². The Kier molecular flexibility index (Phi) is 5.67. The van der Waals surface area contributed by atoms with Crippen molar-refractivity contribution in [3.63, 3.8) is 0 Å². The average Bonchev–Trinajstić information content (AvgIpc) is 2.96. The third-order valence-corrected chi connectivity index (χ3v) is 5.36. The molecule has 0 aromatic heterocycles. The molecule has 0 aliphatic heterocycles. The van der Waals surface area contributed by atoms with Gasteiger partial charge in [0.2, 0.25) is 5.91 Å². The van der Waals surface area contributed by atoms with Crippen molar-refractivity contribution in [1.29, 1.82) is 0 Å². The first kappa shape index (κ1) is 16.8. The minimum Gasteiger partial charge on any atom is -0.378 e. The van der Waals surface area contributed by atoms with E-state index in [1.54, 1.807) is 7.05 Å². The molecule has 0 saturated heterocycles. The van der Waals surface area contributed by atoms with Crippen molar-refractivity contribution in [3.8, 4) is 0 Å². The molecule has 3 unspecified atom stereocenters. The van der Waals surface area contributed by atoms with Crippen LogP contribution in [-0.4, -0.2) is 37.7 Å². The average molecular weight is 296 g/mol. The summed E-state index contributed by atoms with van der Waals surface area (Å²) in [6.45, 7) is 7.22. The smallest absolute Gasteiger partial charge is 0.236 e. The summed E-state index contributed by atoms with van der Waals surface area (Å²) in [4.78, 5) is 12.1. The summed E-state index contributed by atoms with van der Waals surface area (Å²) in [5.74, 6) is 0.638. The second-order valence-electron chi connectivity index (χ2n) is 7.14. The molecule has 4 nitrogen and oxygen atoms in total. The Morgan fingerprint density at radius 1 is 1.33 bits per heavy atom. The Hall–Kier alpha value is -0.610. The zero-order chi connectivity index (χ0) is 15.5. The maximum absolute atomic E-state index is 12.1. The zero-order valence-corrected chi connectivity index (χ0v) is 14.1. The van der Waals surface area contributed by atoms with Crippen LogP contribution in [0.4, 0.5) is 0 Å². The second kappa shape index (κ2) is 7.10. The normalized spacial score (nSPS) is 28.6. The Balaban J connectivity index is 2.01. The Labute approximate surface area is 129 Å². The summed E-state index contributed by atoms with van der Waals surface area (Å²) < 4.78 is 5.95. The van der Waals surface area contributed by atoms with E-state index in [2.05, 4.69) is 31.4 Å². The molecular formula is C17H32N2O2. The molecule has 2 rings (SSSR count). The molecule has 0 aromatic rings. The Bertz CT molecular complexity index is 351. The van der Waals surface area contributed by atoms with Gasteiger partial charge >= 0.3 is 0 Å². The lowest BCUT2D eigenvalue weighted by Gasteiger charge is -2.55. The Morgan fingerprint density at radius 2 is 2.00 bits per heavy atom. The fraction of sp³-hybridized carbons (Fsp3) is 0.941. The molecule has 3 atom stereocenters. The van der Waals surface area contributed by atoms with Gasteiger partial charge in [-0.15, -0.1) is 0 Å². The highest BCUT2D eigenvalue weighted by Crippen LogP contribution is 2.54. The maximum atomic E-state index is 12.1. The SMILES string of the molecule is CCOC1CC(NC(CC(C)C)C(=O)NC)C12CCCC2. The van der Waals surface area contributed by atoms with Crippen LogP contribution >= 0.6 is 0 Å². The van der Waals surface area contributed by atoms with E-state index in [1.807, 2.05) is 0 Å². The first-order valence-electron chi connectivity index (χ1n) is 8.62. The van der Waals surface area contributed by atoms with Crippen LogP contribution in [0, 0.1) is 11.3 Å². The summed E-state index contributed by atoms with van der Waals surface area (Å²) in [5.41, 5.74) is 0.291. The summed E-state index contributed by atoms with van der Waals surface area (Å²) >= 11 is 0. The summed E-state index contributed by atoms with van der Waals surface area (Å²) in [6.07, 6.45) is 7.44. The predicted octanol–water partition coefficient (Wildman–Crippen LogP) is 2.47. The molecule has 4 heteroatoms. The van der Waals surface area contributed by atoms with Crippen LogP contribution in [0.3, 0.4) is 0 Å². The van der Waals surface area contributed by atoms with Gasteiger partial charge in [0.25, 0.3) is 0 Å². The van der Waals surface area contributed by atoms with Crippen LogP contribution in [0.1, 0.15) is 59.3 Å². The third kappa shape index (κ3) is 3.42. The number of carbonyl (C=O) groups is 1. The molecule has 2 aliphatic rings. The largest absolute Gasteiger partial charge is 0.378 e. The molecule has 2 saturated carbocycles. The van der Waals surface area contributed by atoms with Crippen LogP contribution in [0.5, 0.6) is 0 Å². The lowest BCUT2D eigenvalue weighted by Crippen LogP contribution is -2.65. The van der Waals surface area contributed by atoms with Crippen LogP contribution in [-0.2, 0) is 9.53 Å². The van der Waals surface area contributed by atoms with Crippen molar-refractivity contribution in [2.24, 2.45) is 11.3 Å². The molecule has 0 heterocycles. The van der Waals surface area contributed by atoms with Gasteiger partial charge in [-0.05, 0) is 38.5 Å². The van der Waals surface area contributed by atoms with E-state index in [0.29, 0.717) is 23.5 Å². The van der Waals surface area contributed by atoms with Crippen molar-refractivity contribution >= 4 is 5.91 Å². The molecule has 1 amide bonds. The monoisotopic (exact) mass is 296 g/mol. The van der Waals surface area contributed by atoms with E-state index in [0.717, 1.165) is 19.4 Å². The standard InChI is InChI=1S/C17H32N2O2/c1-5-21-15-11-14(17(15)8-6-7-9-17)19-13(10-12(2)3)16(20)18-4/h12-15,19H,5-11H2,1-4H3,(H,18,20). The number of ether oxygens (including phenoxy) is 1. The van der Waals surface area contributed by atoms with Crippen molar-refractivity contribution in [3.05, 3.63) is 0 Å². The molecule has 2 aliphatic carbocycles. The van der Waals surface area contributed by atoms with Gasteiger partial charge in [0, 0.05) is 25.1 Å². The van der Waals surface area contributed by atoms with Gasteiger partial charge in [0.15, 0.2) is 0 Å². The fourth-order valence-corrected chi connectivity index (χ4v) is 4.26. The van der Waals surface area contributed by atoms with E-state index in [1.165, 1.54) is 25.7 Å². The molecule has 0 bridgehead atoms. The third-order valence-electron chi connectivity index (χ3n) is 5.36. The van der Waals surface area contributed by atoms with Gasteiger partial charge in [-0.2, -0.15) is 0 Å². The molecule has 1 spiro atoms. The quantitative estimate of drug-likeness (QED) is 0.759. The topological polar surface area (TPSA) is 50.4 Å². The minimum atomic E-state index is -0.0694. The molecule has 2 fully saturated rings. The highest BCUT2D eigenvalue weighted by Gasteiger charge is 2.57. The molecule has 0 radical (unpaired) electrons. The van der Waals surface area contributed by atoms with Crippen LogP contribution in [0.2, 0.25) is 0 Å². The summed E-state index contributed by atoms with van der Waals surface area (Å²) in [7, 11) is 1.73. The van der Waals surface area contributed by atoms with Crippen LogP contribution in [0.25, 0.3) is 0 Å². The number of nitrogens with one attached hydrogen (secondary N) is 2. The van der Waals surface area contributed by atoms with Crippen molar-refractivity contribution < 1.29 is 9.53 Å². The van der Waals surface area contributed by atoms with Gasteiger partial charge in [-0.3, -0.25) is 4.79 Å². The summed E-state index contributed by atoms with van der Waals surface area (Å²) in [6, 6.07) is 0.373. The second-order valence-corrected chi connectivity index (χ2v) is 7.14. The van der Waals surface area contributed by atoms with Gasteiger partial charge in [0.1, 0.15) is 0 Å². The van der Waals surface area contributed by atoms with Crippen LogP contribution < -0.4 is 10.6 Å². The van der Waals surface area contributed by atoms with Crippen molar-refractivity contribution in [2.45, 2.75) is 77.5 Å². The number of hydrogen-bond donors (Lipinski definition) is 2. The number of carbonyl (C=O) groups excluding carboxylic acids is 1. The number of amides is 1. The van der Waals surface area contributed by atoms with Gasteiger partial charge < -0.3 is 15.4 Å². The van der Waals surface area contributed by atoms with Crippen molar-refractivity contribution in [2.75, 3.05) is 13.7 Å². The number of rotatable bonds is 7. The molecule has 2 N–H and O–H groups in total. The van der Waals surface area contributed by atoms with Gasteiger partial charge in [0.05, 0.1) is 12.1 Å². The lowest BCUT2D eigenvalue weighted by molar-refractivity contribution is -0.139. The van der Waals surface area contributed by atoms with E-state index in [9.17, 15) is 4.79 Å². The molecule has 122 valence electrons. The zero-order valence-electron chi connectivity index (χ0n) is 14.1. The first-order chi connectivity index (χ1) is 10.0. The highest BCUT2D eigenvalue weighted by molar-refractivity contribution is 5.81. The first-order valence-corrected chi connectivity index (χ1v) is 8.62. The summed E-state index contributed by atoms with van der Waals surface area (Å²) in [5, 5.41) is 6.47. The number of likely N-dealkylation sites (N-methyl/N-ethyl adjacent to an activating group) is 1. The van der Waals surface area contributed by atoms with E-state index < -0.39 is 0 Å². The van der Waals surface area contributed by atoms with Crippen LogP contribution in [0.15, 0.2) is 0 Å². The minimum absolute atomic E-state index is 0.0694. The molecular weight excluding hydrogens is 264 g/mol. The molecule has 21 heavy (non-hydrogen) atoms. The van der Waals surface area contributed by atoms with Gasteiger partial charge in [-0.25, -0.2) is 0 Å². The fourth-order valence-electron chi connectivity index (χ4n) is 4.26. The van der Waals surface area contributed by atoms with Gasteiger partial charge in [-0.1, -0.05) is 26.7 Å². The highest BCUT2D eigenvalue weighted by atomic mass is 16.5. The Morgan fingerprint density at radius 3 is 2.52 bits per heavy atom. The predicted molar refractivity (Wildman–Crippen MR) is 85.2 cm³/mol. The maximum Gasteiger partial charge on any atom is 0.236 e. The number of hydrogen-bond acceptors (Lipinski definition) is 3. The van der Waals surface area contributed by atoms with E-state index in [-0.39, 0.29) is 11.9 Å². The lowest BCUT2D eigenvalue weighted by atomic mass is 9.60. The van der Waals surface area contributed by atoms with E-state index >= 15 is 0 Å².